The topological polar surface area (TPSA) is 98.8 Å². The number of rotatable bonds is 10. The molecule has 0 saturated carbocycles. The molecule has 2 rings (SSSR count). The van der Waals surface area contributed by atoms with Crippen molar-refractivity contribution in [1.82, 2.24) is 5.32 Å². The molecule has 0 aliphatic heterocycles. The minimum atomic E-state index is -0.800. The summed E-state index contributed by atoms with van der Waals surface area (Å²) in [4.78, 5) is 13.3. The Morgan fingerprint density at radius 1 is 1.22 bits per heavy atom. The van der Waals surface area contributed by atoms with E-state index in [4.69, 9.17) is 5.73 Å². The molecule has 0 spiro atoms. The highest BCUT2D eigenvalue weighted by Gasteiger charge is 2.13. The molecule has 27 heavy (non-hydrogen) atoms. The lowest BCUT2D eigenvalue weighted by molar-refractivity contribution is 0.0997. The van der Waals surface area contributed by atoms with Crippen LogP contribution in [0.3, 0.4) is 0 Å². The quantitative estimate of drug-likeness (QED) is 0.477. The van der Waals surface area contributed by atoms with E-state index in [0.29, 0.717) is 12.1 Å². The number of hydrogen-bond donors (Lipinski definition) is 4. The number of primary amides is 1. The molecule has 5 N–H and O–H groups in total. The van der Waals surface area contributed by atoms with Crippen LogP contribution >= 0.6 is 0 Å². The van der Waals surface area contributed by atoms with Crippen LogP contribution in [-0.2, 0) is 0 Å². The molecular weight excluding hydrogens is 349 g/mol. The number of anilines is 1. The van der Waals surface area contributed by atoms with E-state index in [2.05, 4.69) is 10.2 Å². The van der Waals surface area contributed by atoms with Crippen LogP contribution in [0.2, 0.25) is 0 Å². The Kier molecular flexibility index (Phi) is 7.57. The molecule has 0 fully saturated rings. The van der Waals surface area contributed by atoms with Crippen molar-refractivity contribution < 1.29 is 19.4 Å². The van der Waals surface area contributed by atoms with Gasteiger partial charge in [-0.2, -0.15) is 0 Å². The van der Waals surface area contributed by atoms with E-state index in [9.17, 15) is 19.4 Å². The largest absolute Gasteiger partial charge is 0.507 e. The molecular formula is C20H26FN3O3. The predicted octanol–water partition coefficient (Wildman–Crippen LogP) is 2.17. The van der Waals surface area contributed by atoms with Gasteiger partial charge in [0.05, 0.1) is 11.7 Å². The van der Waals surface area contributed by atoms with Crippen LogP contribution in [0.1, 0.15) is 34.9 Å². The number of carbonyl (C=O) groups is 1. The van der Waals surface area contributed by atoms with Gasteiger partial charge in [-0.05, 0) is 61.3 Å². The van der Waals surface area contributed by atoms with Crippen LogP contribution in [-0.4, -0.2) is 42.8 Å². The Bertz CT molecular complexity index is 753. The number of phenols is 1. The normalized spacial score (nSPS) is 12.0. The average Bonchev–Trinajstić information content (AvgIpc) is 2.64. The van der Waals surface area contributed by atoms with Crippen LogP contribution in [0.5, 0.6) is 5.75 Å². The number of aliphatic hydroxyl groups is 1. The van der Waals surface area contributed by atoms with Crippen LogP contribution in [0.25, 0.3) is 0 Å². The third kappa shape index (κ3) is 6.23. The van der Waals surface area contributed by atoms with Gasteiger partial charge in [-0.1, -0.05) is 6.07 Å². The highest BCUT2D eigenvalue weighted by molar-refractivity contribution is 5.95. The second-order valence-electron chi connectivity index (χ2n) is 6.47. The van der Waals surface area contributed by atoms with Gasteiger partial charge in [0.25, 0.3) is 5.91 Å². The van der Waals surface area contributed by atoms with Gasteiger partial charge in [0.15, 0.2) is 0 Å². The second-order valence-corrected chi connectivity index (χ2v) is 6.47. The lowest BCUT2D eigenvalue weighted by atomic mass is 10.0. The Labute approximate surface area is 158 Å². The summed E-state index contributed by atoms with van der Waals surface area (Å²) in [6.45, 7) is 1.90. The number of amides is 1. The molecule has 0 heterocycles. The smallest absolute Gasteiger partial charge is 0.252 e. The van der Waals surface area contributed by atoms with E-state index in [-0.39, 0.29) is 17.1 Å². The van der Waals surface area contributed by atoms with Crippen molar-refractivity contribution in [2.75, 3.05) is 31.6 Å². The number of nitrogens with zero attached hydrogens (tertiary/aromatic N) is 1. The fourth-order valence-electron chi connectivity index (χ4n) is 2.74. The molecule has 1 atom stereocenters. The summed E-state index contributed by atoms with van der Waals surface area (Å²) < 4.78 is 12.9. The molecule has 6 nitrogen and oxygen atoms in total. The van der Waals surface area contributed by atoms with E-state index < -0.39 is 12.0 Å². The number of unbranched alkanes of at least 4 members (excludes halogenated alkanes) is 1. The monoisotopic (exact) mass is 375 g/mol. The van der Waals surface area contributed by atoms with Crippen LogP contribution in [0, 0.1) is 5.82 Å². The summed E-state index contributed by atoms with van der Waals surface area (Å²) in [5.41, 5.74) is 6.68. The summed E-state index contributed by atoms with van der Waals surface area (Å²) in [5.74, 6) is -1.18. The van der Waals surface area contributed by atoms with Gasteiger partial charge in [-0.25, -0.2) is 4.39 Å². The third-order valence-corrected chi connectivity index (χ3v) is 4.37. The molecule has 1 amide bonds. The Balaban J connectivity index is 1.68. The van der Waals surface area contributed by atoms with Gasteiger partial charge in [-0.15, -0.1) is 0 Å². The average molecular weight is 375 g/mol. The standard InChI is InChI=1S/C20H26FN3O3/c1-24(16-7-5-15(21)6-8-16)11-3-2-10-23-13-19(26)14-4-9-18(25)17(12-14)20(22)27/h4-9,12,19,23,25-26H,2-3,10-11,13H2,1H3,(H2,22,27). The van der Waals surface area contributed by atoms with Crippen molar-refractivity contribution >= 4 is 11.6 Å². The first-order valence-electron chi connectivity index (χ1n) is 8.86. The maximum atomic E-state index is 12.9. The maximum Gasteiger partial charge on any atom is 0.252 e. The highest BCUT2D eigenvalue weighted by Crippen LogP contribution is 2.22. The van der Waals surface area contributed by atoms with E-state index in [1.54, 1.807) is 18.2 Å². The third-order valence-electron chi connectivity index (χ3n) is 4.37. The summed E-state index contributed by atoms with van der Waals surface area (Å²) >= 11 is 0. The number of nitrogens with one attached hydrogen (secondary N) is 1. The molecule has 0 aromatic heterocycles. The molecule has 0 saturated heterocycles. The van der Waals surface area contributed by atoms with E-state index >= 15 is 0 Å². The van der Waals surface area contributed by atoms with Crippen molar-refractivity contribution in [1.29, 1.82) is 0 Å². The van der Waals surface area contributed by atoms with Crippen LogP contribution in [0.15, 0.2) is 42.5 Å². The van der Waals surface area contributed by atoms with E-state index in [1.807, 2.05) is 7.05 Å². The number of benzene rings is 2. The minimum absolute atomic E-state index is 0.00428. The Morgan fingerprint density at radius 3 is 2.59 bits per heavy atom. The maximum absolute atomic E-state index is 12.9. The zero-order valence-corrected chi connectivity index (χ0v) is 15.4. The first kappa shape index (κ1) is 20.7. The first-order valence-corrected chi connectivity index (χ1v) is 8.86. The summed E-state index contributed by atoms with van der Waals surface area (Å²) in [7, 11) is 1.96. The summed E-state index contributed by atoms with van der Waals surface area (Å²) in [6.07, 6.45) is 1.06. The van der Waals surface area contributed by atoms with E-state index in [1.165, 1.54) is 24.3 Å². The van der Waals surface area contributed by atoms with Gasteiger partial charge in [0.1, 0.15) is 11.6 Å². The first-order chi connectivity index (χ1) is 12.9. The number of aliphatic hydroxyl groups excluding tert-OH is 1. The van der Waals surface area contributed by atoms with Crippen molar-refractivity contribution in [2.45, 2.75) is 18.9 Å². The molecule has 0 aliphatic rings. The number of carbonyl (C=O) groups excluding carboxylic acids is 1. The number of halogens is 1. The highest BCUT2D eigenvalue weighted by atomic mass is 19.1. The molecule has 2 aromatic carbocycles. The lowest BCUT2D eigenvalue weighted by Crippen LogP contribution is -2.24. The summed E-state index contributed by atoms with van der Waals surface area (Å²) in [5, 5.41) is 22.9. The van der Waals surface area contributed by atoms with E-state index in [0.717, 1.165) is 31.6 Å². The SMILES string of the molecule is CN(CCCCNCC(O)c1ccc(O)c(C(N)=O)c1)c1ccc(F)cc1. The lowest BCUT2D eigenvalue weighted by Gasteiger charge is -2.19. The van der Waals surface area contributed by atoms with Crippen LogP contribution < -0.4 is 16.0 Å². The molecule has 146 valence electrons. The fraction of sp³-hybridized carbons (Fsp3) is 0.350. The second kappa shape index (κ2) is 9.89. The van der Waals surface area contributed by atoms with Crippen molar-refractivity contribution in [3.63, 3.8) is 0 Å². The van der Waals surface area contributed by atoms with Gasteiger partial charge in [-0.3, -0.25) is 4.79 Å². The Morgan fingerprint density at radius 2 is 1.93 bits per heavy atom. The van der Waals surface area contributed by atoms with Crippen molar-refractivity contribution in [3.05, 3.63) is 59.4 Å². The van der Waals surface area contributed by atoms with Gasteiger partial charge in [0.2, 0.25) is 0 Å². The minimum Gasteiger partial charge on any atom is -0.507 e. The number of nitrogens with two attached hydrogens (primary N) is 1. The number of aromatic hydroxyl groups is 1. The van der Waals surface area contributed by atoms with Gasteiger partial charge < -0.3 is 26.2 Å². The summed E-state index contributed by atoms with van der Waals surface area (Å²) in [6, 6.07) is 10.7. The molecule has 0 bridgehead atoms. The fourth-order valence-corrected chi connectivity index (χ4v) is 2.74. The zero-order chi connectivity index (χ0) is 19.8. The molecule has 1 unspecified atom stereocenters. The number of hydrogen-bond acceptors (Lipinski definition) is 5. The zero-order valence-electron chi connectivity index (χ0n) is 15.4. The van der Waals surface area contributed by atoms with Gasteiger partial charge in [0, 0.05) is 25.8 Å². The molecule has 0 aliphatic carbocycles. The molecule has 7 heteroatoms. The van der Waals surface area contributed by atoms with Crippen molar-refractivity contribution in [2.24, 2.45) is 5.73 Å². The van der Waals surface area contributed by atoms with Gasteiger partial charge >= 0.3 is 0 Å². The van der Waals surface area contributed by atoms with Crippen molar-refractivity contribution in [3.8, 4) is 5.75 Å². The Hall–Kier alpha value is -2.64. The molecule has 0 radical (unpaired) electrons. The van der Waals surface area contributed by atoms with Crippen LogP contribution in [0.4, 0.5) is 10.1 Å². The predicted molar refractivity (Wildman–Crippen MR) is 103 cm³/mol. The molecule has 2 aromatic rings.